The Labute approximate surface area is 135 Å². The second-order valence-electron chi connectivity index (χ2n) is 5.74. The summed E-state index contributed by atoms with van der Waals surface area (Å²) >= 11 is 5.59. The summed E-state index contributed by atoms with van der Waals surface area (Å²) in [5.74, 6) is -0.679. The van der Waals surface area contributed by atoms with E-state index in [2.05, 4.69) is 0 Å². The van der Waals surface area contributed by atoms with Gasteiger partial charge in [0.1, 0.15) is 5.82 Å². The molecule has 1 aliphatic heterocycles. The average Bonchev–Trinajstić information content (AvgIpc) is 2.27. The molecule has 0 bridgehead atoms. The van der Waals surface area contributed by atoms with Gasteiger partial charge in [0.15, 0.2) is 9.84 Å². The Balaban J connectivity index is 2.13. The number of rotatable bonds is 5. The van der Waals surface area contributed by atoms with E-state index in [-0.39, 0.29) is 34.7 Å². The molecule has 1 fully saturated rings. The van der Waals surface area contributed by atoms with E-state index in [4.69, 9.17) is 11.6 Å². The second kappa shape index (κ2) is 6.07. The summed E-state index contributed by atoms with van der Waals surface area (Å²) in [4.78, 5) is -0.140. The fraction of sp³-hybridized carbons (Fsp3) is 0.538. The Bertz CT molecular complexity index is 771. The topological polar surface area (TPSA) is 71.5 Å². The van der Waals surface area contributed by atoms with Crippen LogP contribution in [-0.4, -0.2) is 45.2 Å². The van der Waals surface area contributed by atoms with Gasteiger partial charge in [0.05, 0.1) is 20.9 Å². The van der Waals surface area contributed by atoms with Gasteiger partial charge in [-0.1, -0.05) is 25.4 Å². The van der Waals surface area contributed by atoms with Crippen molar-refractivity contribution in [2.45, 2.75) is 24.0 Å². The highest BCUT2D eigenvalue weighted by Gasteiger charge is 2.43. The van der Waals surface area contributed by atoms with Crippen LogP contribution in [0.15, 0.2) is 23.1 Å². The molecule has 1 aliphatic rings. The van der Waals surface area contributed by atoms with Crippen molar-refractivity contribution in [3.05, 3.63) is 29.0 Å². The zero-order valence-electron chi connectivity index (χ0n) is 12.2. The van der Waals surface area contributed by atoms with Crippen molar-refractivity contribution >= 4 is 31.5 Å². The maximum atomic E-state index is 13.1. The summed E-state index contributed by atoms with van der Waals surface area (Å²) in [6, 6.07) is 3.12. The quantitative estimate of drug-likeness (QED) is 0.795. The molecule has 22 heavy (non-hydrogen) atoms. The van der Waals surface area contributed by atoms with Crippen LogP contribution in [-0.2, 0) is 19.9 Å². The highest BCUT2D eigenvalue weighted by molar-refractivity contribution is 7.92. The molecule has 124 valence electrons. The zero-order chi connectivity index (χ0) is 16.7. The first-order chi connectivity index (χ1) is 10.0. The Morgan fingerprint density at radius 1 is 1.27 bits per heavy atom. The molecule has 5 nitrogen and oxygen atoms in total. The van der Waals surface area contributed by atoms with Crippen molar-refractivity contribution in [1.82, 2.24) is 4.31 Å². The van der Waals surface area contributed by atoms with E-state index in [0.717, 1.165) is 22.5 Å². The number of hydrogen-bond donors (Lipinski definition) is 0. The highest BCUT2D eigenvalue weighted by atomic mass is 35.5. The van der Waals surface area contributed by atoms with Gasteiger partial charge >= 0.3 is 0 Å². The molecule has 0 radical (unpaired) electrons. The molecule has 1 heterocycles. The SMILES string of the molecule is CC(C)CS(=O)(=O)C1CN(S(=O)(=O)c2ccc(F)c(Cl)c2)C1. The van der Waals surface area contributed by atoms with E-state index in [1.54, 1.807) is 13.8 Å². The number of hydrogen-bond acceptors (Lipinski definition) is 4. The summed E-state index contributed by atoms with van der Waals surface area (Å²) in [5, 5.41) is -0.967. The summed E-state index contributed by atoms with van der Waals surface area (Å²) in [6.45, 7) is 3.44. The minimum Gasteiger partial charge on any atom is -0.228 e. The predicted molar refractivity (Wildman–Crippen MR) is 82.6 cm³/mol. The Kier molecular flexibility index (Phi) is 4.87. The summed E-state index contributed by atoms with van der Waals surface area (Å²) in [7, 11) is -7.15. The van der Waals surface area contributed by atoms with Crippen LogP contribution in [0.5, 0.6) is 0 Å². The van der Waals surface area contributed by atoms with Gasteiger partial charge < -0.3 is 0 Å². The normalized spacial score (nSPS) is 17.7. The van der Waals surface area contributed by atoms with Crippen LogP contribution in [0.2, 0.25) is 5.02 Å². The van der Waals surface area contributed by atoms with E-state index in [1.807, 2.05) is 0 Å². The molecule has 0 spiro atoms. The number of halogens is 2. The fourth-order valence-corrected chi connectivity index (χ4v) is 6.22. The molecule has 0 N–H and O–H groups in total. The maximum Gasteiger partial charge on any atom is 0.243 e. The van der Waals surface area contributed by atoms with Crippen molar-refractivity contribution in [1.29, 1.82) is 0 Å². The third kappa shape index (κ3) is 3.45. The Morgan fingerprint density at radius 3 is 2.36 bits per heavy atom. The molecule has 9 heteroatoms. The van der Waals surface area contributed by atoms with Gasteiger partial charge in [-0.3, -0.25) is 0 Å². The van der Waals surface area contributed by atoms with Crippen LogP contribution in [0.25, 0.3) is 0 Å². The molecule has 0 saturated carbocycles. The van der Waals surface area contributed by atoms with Gasteiger partial charge in [-0.05, 0) is 24.1 Å². The minimum absolute atomic E-state index is 0.00781. The highest BCUT2D eigenvalue weighted by Crippen LogP contribution is 2.28. The van der Waals surface area contributed by atoms with Crippen molar-refractivity contribution in [3.8, 4) is 0 Å². The molecular formula is C13H17ClFNO4S2. The molecule has 0 aromatic heterocycles. The number of sulfone groups is 1. The molecule has 1 aromatic rings. The Hall–Kier alpha value is -0.700. The van der Waals surface area contributed by atoms with E-state index < -0.39 is 30.9 Å². The average molecular weight is 370 g/mol. The van der Waals surface area contributed by atoms with E-state index in [9.17, 15) is 21.2 Å². The smallest absolute Gasteiger partial charge is 0.228 e. The molecular weight excluding hydrogens is 353 g/mol. The monoisotopic (exact) mass is 369 g/mol. The molecule has 1 aromatic carbocycles. The van der Waals surface area contributed by atoms with Crippen molar-refractivity contribution in [2.75, 3.05) is 18.8 Å². The molecule has 0 atom stereocenters. The molecule has 2 rings (SSSR count). The number of nitrogens with zero attached hydrogens (tertiary/aromatic N) is 1. The predicted octanol–water partition coefficient (Wildman–Crippen LogP) is 1.92. The van der Waals surface area contributed by atoms with Crippen molar-refractivity contribution in [2.24, 2.45) is 5.92 Å². The van der Waals surface area contributed by atoms with E-state index >= 15 is 0 Å². The third-order valence-corrected chi connectivity index (χ3v) is 7.98. The van der Waals surface area contributed by atoms with Crippen molar-refractivity contribution in [3.63, 3.8) is 0 Å². The van der Waals surface area contributed by atoms with Gasteiger partial charge in [-0.2, -0.15) is 4.31 Å². The van der Waals surface area contributed by atoms with Gasteiger partial charge in [0.25, 0.3) is 0 Å². The van der Waals surface area contributed by atoms with Crippen LogP contribution in [0, 0.1) is 11.7 Å². The first-order valence-electron chi connectivity index (χ1n) is 6.71. The minimum atomic E-state index is -3.85. The molecule has 0 amide bonds. The van der Waals surface area contributed by atoms with E-state index in [0.29, 0.717) is 0 Å². The van der Waals surface area contributed by atoms with Crippen LogP contribution in [0.4, 0.5) is 4.39 Å². The zero-order valence-corrected chi connectivity index (χ0v) is 14.5. The lowest BCUT2D eigenvalue weighted by molar-refractivity contribution is 0.309. The largest absolute Gasteiger partial charge is 0.243 e. The van der Waals surface area contributed by atoms with Gasteiger partial charge in [-0.25, -0.2) is 21.2 Å². The summed E-state index contributed by atoms with van der Waals surface area (Å²) in [5.41, 5.74) is 0. The molecule has 1 saturated heterocycles. The van der Waals surface area contributed by atoms with E-state index in [1.165, 1.54) is 0 Å². The maximum absolute atomic E-state index is 13.1. The fourth-order valence-electron chi connectivity index (χ4n) is 2.21. The van der Waals surface area contributed by atoms with Crippen LogP contribution in [0.1, 0.15) is 13.8 Å². The number of sulfonamides is 1. The van der Waals surface area contributed by atoms with Crippen LogP contribution >= 0.6 is 11.6 Å². The Morgan fingerprint density at radius 2 is 1.86 bits per heavy atom. The molecule has 0 unspecified atom stereocenters. The third-order valence-electron chi connectivity index (χ3n) is 3.42. The lowest BCUT2D eigenvalue weighted by Gasteiger charge is -2.37. The van der Waals surface area contributed by atoms with Crippen molar-refractivity contribution < 1.29 is 21.2 Å². The van der Waals surface area contributed by atoms with Gasteiger partial charge in [0.2, 0.25) is 10.0 Å². The number of benzene rings is 1. The van der Waals surface area contributed by atoms with Crippen LogP contribution in [0.3, 0.4) is 0 Å². The van der Waals surface area contributed by atoms with Gasteiger partial charge in [0, 0.05) is 13.1 Å². The first kappa shape index (κ1) is 17.7. The lowest BCUT2D eigenvalue weighted by Crippen LogP contribution is -2.57. The standard InChI is InChI=1S/C13H17ClFNO4S2/c1-9(2)8-21(17,18)11-6-16(7-11)22(19,20)10-3-4-13(15)12(14)5-10/h3-5,9,11H,6-8H2,1-2H3. The lowest BCUT2D eigenvalue weighted by atomic mass is 10.3. The first-order valence-corrected chi connectivity index (χ1v) is 10.2. The summed E-state index contributed by atoms with van der Waals surface area (Å²) < 4.78 is 62.9. The van der Waals surface area contributed by atoms with Gasteiger partial charge in [-0.15, -0.1) is 0 Å². The summed E-state index contributed by atoms with van der Waals surface area (Å²) in [6.07, 6.45) is 0. The molecule has 0 aliphatic carbocycles. The van der Waals surface area contributed by atoms with Crippen LogP contribution < -0.4 is 0 Å². The second-order valence-corrected chi connectivity index (χ2v) is 10.4.